The summed E-state index contributed by atoms with van der Waals surface area (Å²) in [6.07, 6.45) is 0. The van der Waals surface area contributed by atoms with E-state index in [-0.39, 0.29) is 0 Å². The quantitative estimate of drug-likeness (QED) is 0.732. The second-order valence-electron chi connectivity index (χ2n) is 2.79. The predicted octanol–water partition coefficient (Wildman–Crippen LogP) is 2.41. The van der Waals surface area contributed by atoms with Crippen LogP contribution in [0.3, 0.4) is 0 Å². The second-order valence-corrected chi connectivity index (χ2v) is 3.20. The Morgan fingerprint density at radius 1 is 1.64 bits per heavy atom. The first-order valence-electron chi connectivity index (χ1n) is 3.99. The van der Waals surface area contributed by atoms with E-state index >= 15 is 0 Å². The maximum Gasteiger partial charge on any atom is 0.354 e. The van der Waals surface area contributed by atoms with Gasteiger partial charge in [-0.2, -0.15) is 0 Å². The van der Waals surface area contributed by atoms with Crippen molar-refractivity contribution in [1.82, 2.24) is 4.98 Å². The molecular formula is C10H7ClNO2. The van der Waals surface area contributed by atoms with Gasteiger partial charge >= 0.3 is 5.97 Å². The van der Waals surface area contributed by atoms with Crippen LogP contribution in [0.15, 0.2) is 18.2 Å². The van der Waals surface area contributed by atoms with Gasteiger partial charge in [-0.05, 0) is 18.2 Å². The first-order chi connectivity index (χ1) is 6.72. The molecule has 1 heterocycles. The molecule has 0 aliphatic rings. The summed E-state index contributed by atoms with van der Waals surface area (Å²) in [6.45, 7) is 0. The lowest BCUT2D eigenvalue weighted by Gasteiger charge is -1.93. The third kappa shape index (κ3) is 1.36. The highest BCUT2D eigenvalue weighted by Crippen LogP contribution is 2.23. The summed E-state index contributed by atoms with van der Waals surface area (Å²) in [5, 5.41) is 1.34. The number of carbonyl (C=O) groups is 1. The van der Waals surface area contributed by atoms with Crippen LogP contribution in [0.1, 0.15) is 10.5 Å². The van der Waals surface area contributed by atoms with Gasteiger partial charge in [0.15, 0.2) is 0 Å². The number of aromatic nitrogens is 1. The summed E-state index contributed by atoms with van der Waals surface area (Å²) >= 11 is 5.91. The molecule has 0 aliphatic carbocycles. The summed E-state index contributed by atoms with van der Waals surface area (Å²) in [5.41, 5.74) is 1.08. The highest BCUT2D eigenvalue weighted by molar-refractivity contribution is 6.35. The Kier molecular flexibility index (Phi) is 2.17. The van der Waals surface area contributed by atoms with Gasteiger partial charge in [0.25, 0.3) is 0 Å². The van der Waals surface area contributed by atoms with E-state index in [1.54, 1.807) is 18.2 Å². The third-order valence-electron chi connectivity index (χ3n) is 1.93. The average molecular weight is 209 g/mol. The van der Waals surface area contributed by atoms with Crippen LogP contribution in [0.4, 0.5) is 0 Å². The summed E-state index contributed by atoms with van der Waals surface area (Å²) in [5.74, 6) is -0.411. The summed E-state index contributed by atoms with van der Waals surface area (Å²) in [6, 6.07) is 8.04. The Balaban J connectivity index is 2.62. The zero-order valence-electron chi connectivity index (χ0n) is 7.43. The zero-order chi connectivity index (χ0) is 10.1. The number of rotatable bonds is 1. The molecule has 0 atom stereocenters. The lowest BCUT2D eigenvalue weighted by atomic mass is 10.2. The predicted molar refractivity (Wildman–Crippen MR) is 53.5 cm³/mol. The molecule has 0 spiro atoms. The zero-order valence-corrected chi connectivity index (χ0v) is 8.18. The monoisotopic (exact) mass is 208 g/mol. The number of hydrogen-bond acceptors (Lipinski definition) is 2. The van der Waals surface area contributed by atoms with Crippen molar-refractivity contribution in [2.75, 3.05) is 7.11 Å². The average Bonchev–Trinajstić information content (AvgIpc) is 2.62. The Hall–Kier alpha value is -1.48. The van der Waals surface area contributed by atoms with E-state index < -0.39 is 5.97 Å². The molecule has 2 rings (SSSR count). The van der Waals surface area contributed by atoms with Crippen molar-refractivity contribution in [2.24, 2.45) is 0 Å². The second kappa shape index (κ2) is 3.35. The number of esters is 1. The molecule has 1 N–H and O–H groups in total. The Bertz CT molecular complexity index is 490. The van der Waals surface area contributed by atoms with Gasteiger partial charge in [-0.3, -0.25) is 0 Å². The van der Waals surface area contributed by atoms with Crippen LogP contribution < -0.4 is 0 Å². The fourth-order valence-electron chi connectivity index (χ4n) is 1.26. The molecule has 0 amide bonds. The van der Waals surface area contributed by atoms with Gasteiger partial charge in [0.05, 0.1) is 17.6 Å². The van der Waals surface area contributed by atoms with Gasteiger partial charge in [0, 0.05) is 5.39 Å². The number of fused-ring (bicyclic) bond motifs is 1. The molecule has 1 aromatic carbocycles. The molecule has 1 aromatic heterocycles. The summed E-state index contributed by atoms with van der Waals surface area (Å²) in [7, 11) is 1.33. The van der Waals surface area contributed by atoms with Crippen LogP contribution in [0, 0.1) is 6.07 Å². The van der Waals surface area contributed by atoms with Crippen molar-refractivity contribution in [2.45, 2.75) is 0 Å². The topological polar surface area (TPSA) is 42.1 Å². The number of ether oxygens (including phenoxy) is 1. The first-order valence-corrected chi connectivity index (χ1v) is 4.37. The first kappa shape index (κ1) is 9.09. The maximum atomic E-state index is 11.2. The van der Waals surface area contributed by atoms with E-state index in [4.69, 9.17) is 11.6 Å². The van der Waals surface area contributed by atoms with Gasteiger partial charge in [-0.1, -0.05) is 17.7 Å². The molecule has 3 nitrogen and oxygen atoms in total. The minimum absolute atomic E-state index is 0.381. The Morgan fingerprint density at radius 2 is 2.43 bits per heavy atom. The van der Waals surface area contributed by atoms with Crippen LogP contribution in [-0.4, -0.2) is 18.1 Å². The van der Waals surface area contributed by atoms with E-state index in [1.807, 2.05) is 0 Å². The van der Waals surface area contributed by atoms with E-state index in [0.29, 0.717) is 16.2 Å². The minimum atomic E-state index is -0.411. The number of H-pyrrole nitrogens is 1. The number of aromatic amines is 1. The maximum absolute atomic E-state index is 11.2. The molecule has 0 saturated carbocycles. The van der Waals surface area contributed by atoms with Crippen molar-refractivity contribution in [3.63, 3.8) is 0 Å². The van der Waals surface area contributed by atoms with Gasteiger partial charge in [0.1, 0.15) is 5.69 Å². The Labute approximate surface area is 85.6 Å². The van der Waals surface area contributed by atoms with Gasteiger partial charge in [-0.25, -0.2) is 4.79 Å². The van der Waals surface area contributed by atoms with Crippen LogP contribution in [0.2, 0.25) is 5.02 Å². The molecule has 0 bridgehead atoms. The molecule has 0 saturated heterocycles. The normalized spacial score (nSPS) is 10.4. The standard InChI is InChI=1S/C10H7ClNO2/c1-14-10(13)8-5-6-3-2-4-7(11)9(6)12-8/h2,4-5,12H,1H3. The SMILES string of the molecule is COC(=O)c1cc2[c]ccc(Cl)c2[nH]1. The van der Waals surface area contributed by atoms with Gasteiger partial charge in [-0.15, -0.1) is 0 Å². The lowest BCUT2D eigenvalue weighted by molar-refractivity contribution is 0.0595. The smallest absolute Gasteiger partial charge is 0.354 e. The molecular weight excluding hydrogens is 202 g/mol. The van der Waals surface area contributed by atoms with Crippen molar-refractivity contribution < 1.29 is 9.53 Å². The van der Waals surface area contributed by atoms with Crippen molar-refractivity contribution >= 4 is 28.5 Å². The number of halogens is 1. The fraction of sp³-hybridized carbons (Fsp3) is 0.100. The fourth-order valence-corrected chi connectivity index (χ4v) is 1.48. The molecule has 2 aromatic rings. The molecule has 14 heavy (non-hydrogen) atoms. The minimum Gasteiger partial charge on any atom is -0.464 e. The molecule has 0 aliphatic heterocycles. The van der Waals surface area contributed by atoms with Crippen molar-refractivity contribution in [3.05, 3.63) is 35.0 Å². The number of hydrogen-bond donors (Lipinski definition) is 1. The Morgan fingerprint density at radius 3 is 3.07 bits per heavy atom. The molecule has 0 fully saturated rings. The van der Waals surface area contributed by atoms with Crippen LogP contribution >= 0.6 is 11.6 Å². The largest absolute Gasteiger partial charge is 0.464 e. The molecule has 71 valence electrons. The summed E-state index contributed by atoms with van der Waals surface area (Å²) in [4.78, 5) is 14.1. The highest BCUT2D eigenvalue weighted by atomic mass is 35.5. The van der Waals surface area contributed by atoms with Gasteiger partial charge < -0.3 is 9.72 Å². The highest BCUT2D eigenvalue weighted by Gasteiger charge is 2.10. The van der Waals surface area contributed by atoms with Crippen LogP contribution in [-0.2, 0) is 4.74 Å². The van der Waals surface area contributed by atoms with E-state index in [0.717, 1.165) is 5.39 Å². The summed E-state index contributed by atoms with van der Waals surface area (Å²) < 4.78 is 4.58. The lowest BCUT2D eigenvalue weighted by Crippen LogP contribution is -2.00. The van der Waals surface area contributed by atoms with E-state index in [2.05, 4.69) is 15.8 Å². The van der Waals surface area contributed by atoms with Crippen LogP contribution in [0.25, 0.3) is 10.9 Å². The third-order valence-corrected chi connectivity index (χ3v) is 2.25. The van der Waals surface area contributed by atoms with Crippen LogP contribution in [0.5, 0.6) is 0 Å². The van der Waals surface area contributed by atoms with Crippen molar-refractivity contribution in [3.8, 4) is 0 Å². The number of carbonyl (C=O) groups excluding carboxylic acids is 1. The van der Waals surface area contributed by atoms with Gasteiger partial charge in [0.2, 0.25) is 0 Å². The number of methoxy groups -OCH3 is 1. The number of nitrogens with one attached hydrogen (secondary N) is 1. The van der Waals surface area contributed by atoms with E-state index in [1.165, 1.54) is 7.11 Å². The molecule has 1 radical (unpaired) electrons. The molecule has 4 heteroatoms. The van der Waals surface area contributed by atoms with Crippen molar-refractivity contribution in [1.29, 1.82) is 0 Å². The van der Waals surface area contributed by atoms with E-state index in [9.17, 15) is 4.79 Å². The molecule has 0 unspecified atom stereocenters. The number of benzene rings is 1.